The molecule has 0 saturated carbocycles. The van der Waals surface area contributed by atoms with Crippen LogP contribution in [0, 0.1) is 0 Å². The molecule has 0 bridgehead atoms. The van der Waals surface area contributed by atoms with Crippen molar-refractivity contribution in [1.29, 1.82) is 0 Å². The molecule has 0 aromatic heterocycles. The van der Waals surface area contributed by atoms with E-state index in [0.717, 1.165) is 40.6 Å². The van der Waals surface area contributed by atoms with E-state index in [2.05, 4.69) is 43.3 Å². The van der Waals surface area contributed by atoms with Crippen molar-refractivity contribution < 1.29 is 9.53 Å². The second kappa shape index (κ2) is 12.3. The Bertz CT molecular complexity index is 974. The number of amides is 1. The van der Waals surface area contributed by atoms with E-state index in [1.807, 2.05) is 59.5 Å². The molecule has 5 heteroatoms. The number of hydrogen-bond donors (Lipinski definition) is 0. The highest BCUT2D eigenvalue weighted by Crippen LogP contribution is 2.33. The highest BCUT2D eigenvalue weighted by molar-refractivity contribution is 7.98. The number of nitrogens with zero attached hydrogens (tertiary/aromatic N) is 2. The maximum absolute atomic E-state index is 13.4. The first-order valence-corrected chi connectivity index (χ1v) is 11.9. The zero-order chi connectivity index (χ0) is 22.8. The zero-order valence-electron chi connectivity index (χ0n) is 19.2. The van der Waals surface area contributed by atoms with Crippen LogP contribution in [0.2, 0.25) is 0 Å². The van der Waals surface area contributed by atoms with E-state index in [1.165, 1.54) is 5.56 Å². The monoisotopic (exact) mass is 448 g/mol. The molecule has 0 aliphatic rings. The minimum Gasteiger partial charge on any atom is -0.497 e. The molecule has 0 N–H and O–H groups in total. The summed E-state index contributed by atoms with van der Waals surface area (Å²) < 4.78 is 5.26. The van der Waals surface area contributed by atoms with Crippen molar-refractivity contribution >= 4 is 23.4 Å². The van der Waals surface area contributed by atoms with Gasteiger partial charge in [-0.1, -0.05) is 54.6 Å². The summed E-state index contributed by atoms with van der Waals surface area (Å²) >= 11 is 1.76. The van der Waals surface area contributed by atoms with Crippen molar-refractivity contribution in [3.63, 3.8) is 0 Å². The molecule has 3 aromatic rings. The Labute approximate surface area is 196 Å². The number of hydrogen-bond acceptors (Lipinski definition) is 4. The molecule has 3 aromatic carbocycles. The van der Waals surface area contributed by atoms with Gasteiger partial charge in [0.2, 0.25) is 5.91 Å². The quantitative estimate of drug-likeness (QED) is 0.362. The Balaban J connectivity index is 1.78. The Hall–Kier alpha value is -2.76. The van der Waals surface area contributed by atoms with E-state index in [0.29, 0.717) is 13.0 Å². The summed E-state index contributed by atoms with van der Waals surface area (Å²) in [4.78, 5) is 18.6. The van der Waals surface area contributed by atoms with Crippen LogP contribution in [0.25, 0.3) is 0 Å². The summed E-state index contributed by atoms with van der Waals surface area (Å²) in [5, 5.41) is 0. The third kappa shape index (κ3) is 7.14. The predicted octanol–water partition coefficient (Wildman–Crippen LogP) is 5.51. The standard InChI is InChI=1S/C27H32N2O2S/c1-28(2)18-9-19-29(27(30)20-22-10-5-4-6-11-22)25-12-7-8-13-26(25)32-21-23-14-16-24(31-3)17-15-23/h4-8,10-17H,9,18-21H2,1-3H3. The van der Waals surface area contributed by atoms with Gasteiger partial charge in [-0.05, 0) is 62.5 Å². The molecule has 0 aliphatic carbocycles. The first-order chi connectivity index (χ1) is 15.6. The molecule has 0 unspecified atom stereocenters. The molecule has 0 heterocycles. The number of rotatable bonds is 11. The number of ether oxygens (including phenoxy) is 1. The van der Waals surface area contributed by atoms with Crippen LogP contribution in [0.1, 0.15) is 17.5 Å². The lowest BCUT2D eigenvalue weighted by Gasteiger charge is -2.26. The van der Waals surface area contributed by atoms with Crippen molar-refractivity contribution in [2.45, 2.75) is 23.5 Å². The molecule has 3 rings (SSSR count). The Morgan fingerprint density at radius 2 is 1.53 bits per heavy atom. The van der Waals surface area contributed by atoms with Gasteiger partial charge < -0.3 is 14.5 Å². The van der Waals surface area contributed by atoms with Crippen LogP contribution < -0.4 is 9.64 Å². The van der Waals surface area contributed by atoms with Crippen LogP contribution >= 0.6 is 11.8 Å². The van der Waals surface area contributed by atoms with E-state index >= 15 is 0 Å². The first kappa shape index (κ1) is 23.9. The maximum atomic E-state index is 13.4. The van der Waals surface area contributed by atoms with Gasteiger partial charge in [-0.15, -0.1) is 11.8 Å². The summed E-state index contributed by atoms with van der Waals surface area (Å²) in [6.45, 7) is 1.64. The Morgan fingerprint density at radius 1 is 0.844 bits per heavy atom. The van der Waals surface area contributed by atoms with Crippen LogP contribution in [0.3, 0.4) is 0 Å². The van der Waals surface area contributed by atoms with Gasteiger partial charge in [-0.2, -0.15) is 0 Å². The average Bonchev–Trinajstić information content (AvgIpc) is 2.81. The second-order valence-electron chi connectivity index (χ2n) is 7.97. The first-order valence-electron chi connectivity index (χ1n) is 10.9. The van der Waals surface area contributed by atoms with Crippen molar-refractivity contribution in [2.75, 3.05) is 39.2 Å². The van der Waals surface area contributed by atoms with Gasteiger partial charge in [0.1, 0.15) is 5.75 Å². The molecule has 1 amide bonds. The number of thioether (sulfide) groups is 1. The molecular weight excluding hydrogens is 416 g/mol. The van der Waals surface area contributed by atoms with Gasteiger partial charge >= 0.3 is 0 Å². The van der Waals surface area contributed by atoms with Gasteiger partial charge in [0.05, 0.1) is 19.2 Å². The van der Waals surface area contributed by atoms with Crippen molar-refractivity contribution in [2.24, 2.45) is 0 Å². The van der Waals surface area contributed by atoms with Crippen molar-refractivity contribution in [3.05, 3.63) is 90.0 Å². The van der Waals surface area contributed by atoms with Gasteiger partial charge in [0.25, 0.3) is 0 Å². The van der Waals surface area contributed by atoms with Gasteiger partial charge in [-0.3, -0.25) is 4.79 Å². The van der Waals surface area contributed by atoms with E-state index in [9.17, 15) is 4.79 Å². The normalized spacial score (nSPS) is 10.9. The molecule has 0 radical (unpaired) electrons. The topological polar surface area (TPSA) is 32.8 Å². The smallest absolute Gasteiger partial charge is 0.231 e. The van der Waals surface area contributed by atoms with E-state index < -0.39 is 0 Å². The number of para-hydroxylation sites is 1. The minimum absolute atomic E-state index is 0.132. The fourth-order valence-corrected chi connectivity index (χ4v) is 4.49. The van der Waals surface area contributed by atoms with Gasteiger partial charge in [-0.25, -0.2) is 0 Å². The van der Waals surface area contributed by atoms with Gasteiger partial charge in [0, 0.05) is 17.2 Å². The highest BCUT2D eigenvalue weighted by Gasteiger charge is 2.19. The molecule has 0 atom stereocenters. The number of carbonyl (C=O) groups excluding carboxylic acids is 1. The maximum Gasteiger partial charge on any atom is 0.231 e. The number of benzene rings is 3. The summed E-state index contributed by atoms with van der Waals surface area (Å²) in [5.74, 6) is 1.82. The average molecular weight is 449 g/mol. The lowest BCUT2D eigenvalue weighted by molar-refractivity contribution is -0.118. The van der Waals surface area contributed by atoms with Crippen LogP contribution in [0.15, 0.2) is 83.8 Å². The van der Waals surface area contributed by atoms with Crippen molar-refractivity contribution in [3.8, 4) is 5.75 Å². The second-order valence-corrected chi connectivity index (χ2v) is 8.99. The molecule has 0 saturated heterocycles. The summed E-state index contributed by atoms with van der Waals surface area (Å²) in [7, 11) is 5.81. The Morgan fingerprint density at radius 3 is 2.22 bits per heavy atom. The zero-order valence-corrected chi connectivity index (χ0v) is 20.0. The highest BCUT2D eigenvalue weighted by atomic mass is 32.2. The van der Waals surface area contributed by atoms with E-state index in [-0.39, 0.29) is 5.91 Å². The number of carbonyl (C=O) groups is 1. The van der Waals surface area contributed by atoms with Crippen LogP contribution in [-0.2, 0) is 17.0 Å². The molecular formula is C27H32N2O2S. The third-order valence-electron chi connectivity index (χ3n) is 5.20. The summed E-state index contributed by atoms with van der Waals surface area (Å²) in [6.07, 6.45) is 1.32. The molecule has 0 fully saturated rings. The Kier molecular flexibility index (Phi) is 9.20. The number of methoxy groups -OCH3 is 1. The van der Waals surface area contributed by atoms with E-state index in [1.54, 1.807) is 18.9 Å². The molecule has 0 spiro atoms. The fraction of sp³-hybridized carbons (Fsp3) is 0.296. The van der Waals surface area contributed by atoms with Crippen LogP contribution in [0.5, 0.6) is 5.75 Å². The predicted molar refractivity (Wildman–Crippen MR) is 135 cm³/mol. The fourth-order valence-electron chi connectivity index (χ4n) is 3.48. The minimum atomic E-state index is 0.132. The molecule has 168 valence electrons. The lowest BCUT2D eigenvalue weighted by atomic mass is 10.1. The van der Waals surface area contributed by atoms with Gasteiger partial charge in [0.15, 0.2) is 0 Å². The lowest BCUT2D eigenvalue weighted by Crippen LogP contribution is -2.35. The molecule has 0 aliphatic heterocycles. The summed E-state index contributed by atoms with van der Waals surface area (Å²) in [6, 6.07) is 26.4. The third-order valence-corrected chi connectivity index (χ3v) is 6.33. The van der Waals surface area contributed by atoms with Crippen LogP contribution in [-0.4, -0.2) is 45.1 Å². The molecule has 32 heavy (non-hydrogen) atoms. The SMILES string of the molecule is COc1ccc(CSc2ccccc2N(CCCN(C)C)C(=O)Cc2ccccc2)cc1. The van der Waals surface area contributed by atoms with E-state index in [4.69, 9.17) is 4.74 Å². The largest absolute Gasteiger partial charge is 0.497 e. The summed E-state index contributed by atoms with van der Waals surface area (Å²) in [5.41, 5.74) is 3.25. The molecule has 4 nitrogen and oxygen atoms in total. The van der Waals surface area contributed by atoms with Crippen LogP contribution in [0.4, 0.5) is 5.69 Å². The number of anilines is 1. The van der Waals surface area contributed by atoms with Crippen molar-refractivity contribution in [1.82, 2.24) is 4.90 Å².